The van der Waals surface area contributed by atoms with Gasteiger partial charge >= 0.3 is 0 Å². The van der Waals surface area contributed by atoms with E-state index in [1.807, 2.05) is 39.0 Å². The smallest absolute Gasteiger partial charge is 0.148 e. The molecule has 0 saturated carbocycles. The molecule has 0 fully saturated rings. The Morgan fingerprint density at radius 1 is 1.29 bits per heavy atom. The highest BCUT2D eigenvalue weighted by molar-refractivity contribution is 8.13. The number of rotatable bonds is 8. The van der Waals surface area contributed by atoms with E-state index < -0.39 is 0 Å². The minimum Gasteiger partial charge on any atom is -0.490 e. The highest BCUT2D eigenvalue weighted by Gasteiger charge is 2.23. The van der Waals surface area contributed by atoms with Gasteiger partial charge in [0.2, 0.25) is 0 Å². The van der Waals surface area contributed by atoms with Gasteiger partial charge in [-0.25, -0.2) is 4.40 Å². The summed E-state index contributed by atoms with van der Waals surface area (Å²) in [5.74, 6) is 1.54. The molecule has 1 aliphatic rings. The number of aromatic nitrogens is 2. The lowest BCUT2D eigenvalue weighted by atomic mass is 9.81. The highest BCUT2D eigenvalue weighted by atomic mass is 32.2. The number of nitriles is 1. The van der Waals surface area contributed by atoms with E-state index in [1.165, 1.54) is 11.1 Å². The quantitative estimate of drug-likeness (QED) is 0.298. The van der Waals surface area contributed by atoms with Crippen molar-refractivity contribution in [2.45, 2.75) is 52.1 Å². The fourth-order valence-corrected chi connectivity index (χ4v) is 6.12. The Bertz CT molecular complexity index is 1290. The van der Waals surface area contributed by atoms with Crippen LogP contribution in [0.2, 0.25) is 0 Å². The van der Waals surface area contributed by atoms with E-state index in [-0.39, 0.29) is 29.3 Å². The number of aliphatic hydroxyl groups excluding tert-OH is 1. The molecule has 0 bridgehead atoms. The molecular formula is C27H30N4O2S2. The van der Waals surface area contributed by atoms with Crippen LogP contribution in [0, 0.1) is 11.3 Å². The first-order chi connectivity index (χ1) is 17.0. The summed E-state index contributed by atoms with van der Waals surface area (Å²) in [7, 11) is -0.235. The Balaban J connectivity index is 1.63. The molecule has 2 unspecified atom stereocenters. The van der Waals surface area contributed by atoms with E-state index in [4.69, 9.17) is 9.13 Å². The van der Waals surface area contributed by atoms with Crippen molar-refractivity contribution in [2.24, 2.45) is 4.40 Å². The van der Waals surface area contributed by atoms with Gasteiger partial charge in [0.25, 0.3) is 0 Å². The summed E-state index contributed by atoms with van der Waals surface area (Å²) >= 11 is 1.54. The molecule has 0 radical (unpaired) electrons. The first-order valence-electron chi connectivity index (χ1n) is 11.8. The normalized spacial score (nSPS) is 16.4. The summed E-state index contributed by atoms with van der Waals surface area (Å²) in [5, 5.41) is 31.6. The van der Waals surface area contributed by atoms with Gasteiger partial charge in [-0.15, -0.1) is 10.2 Å². The van der Waals surface area contributed by atoms with E-state index in [9.17, 15) is 10.4 Å². The summed E-state index contributed by atoms with van der Waals surface area (Å²) in [6, 6.07) is 14.2. The lowest BCUT2D eigenvalue weighted by Crippen LogP contribution is -2.12. The molecule has 0 aliphatic heterocycles. The first-order valence-corrected chi connectivity index (χ1v) is 14.1. The first kappa shape index (κ1) is 25.2. The number of hydrogen-bond acceptors (Lipinski definition) is 7. The molecule has 4 rings (SSSR count). The van der Waals surface area contributed by atoms with Gasteiger partial charge in [0.05, 0.1) is 18.3 Å². The number of fused-ring (bicyclic) bond motifs is 1. The lowest BCUT2D eigenvalue weighted by Gasteiger charge is -2.24. The second kappa shape index (κ2) is 11.7. The topological polar surface area (TPSA) is 91.4 Å². The maximum absolute atomic E-state index is 9.58. The zero-order valence-corrected chi connectivity index (χ0v) is 21.9. The molecule has 8 heteroatoms. The van der Waals surface area contributed by atoms with Crippen LogP contribution in [-0.2, 0) is 6.42 Å². The molecule has 0 saturated heterocycles. The molecule has 182 valence electrons. The zero-order valence-electron chi connectivity index (χ0n) is 20.3. The van der Waals surface area contributed by atoms with Gasteiger partial charge in [0.1, 0.15) is 21.8 Å². The van der Waals surface area contributed by atoms with Gasteiger partial charge in [0.15, 0.2) is 0 Å². The Morgan fingerprint density at radius 3 is 2.86 bits per heavy atom. The maximum Gasteiger partial charge on any atom is 0.148 e. The van der Waals surface area contributed by atoms with Crippen LogP contribution in [0.15, 0.2) is 40.8 Å². The van der Waals surface area contributed by atoms with E-state index in [2.05, 4.69) is 46.0 Å². The third kappa shape index (κ3) is 5.87. The van der Waals surface area contributed by atoms with Crippen molar-refractivity contribution in [3.8, 4) is 33.0 Å². The lowest BCUT2D eigenvalue weighted by molar-refractivity contribution is 0.242. The third-order valence-electron chi connectivity index (χ3n) is 5.87. The fourth-order valence-electron chi connectivity index (χ4n) is 4.27. The molecule has 1 aliphatic carbocycles. The zero-order chi connectivity index (χ0) is 24.8. The molecule has 0 amide bonds. The number of aliphatic hydroxyl groups is 1. The fraction of sp³-hybridized carbons (Fsp3) is 0.370. The summed E-state index contributed by atoms with van der Waals surface area (Å²) in [4.78, 5) is 0. The van der Waals surface area contributed by atoms with Crippen molar-refractivity contribution < 1.29 is 9.84 Å². The predicted molar refractivity (Wildman–Crippen MR) is 147 cm³/mol. The summed E-state index contributed by atoms with van der Waals surface area (Å²) < 4.78 is 10.5. The number of benzene rings is 2. The molecule has 1 aromatic heterocycles. The van der Waals surface area contributed by atoms with Gasteiger partial charge in [-0.3, -0.25) is 0 Å². The second-order valence-electron chi connectivity index (χ2n) is 8.59. The van der Waals surface area contributed by atoms with Crippen LogP contribution >= 0.6 is 22.0 Å². The van der Waals surface area contributed by atoms with E-state index in [0.717, 1.165) is 40.4 Å². The minimum atomic E-state index is -0.235. The second-order valence-corrected chi connectivity index (χ2v) is 11.5. The Labute approximate surface area is 213 Å². The van der Waals surface area contributed by atoms with E-state index in [0.29, 0.717) is 17.1 Å². The van der Waals surface area contributed by atoms with Gasteiger partial charge in [-0.1, -0.05) is 40.2 Å². The summed E-state index contributed by atoms with van der Waals surface area (Å²) in [6.45, 7) is 6.04. The molecule has 3 aromatic rings. The number of nitrogens with zero attached hydrogens (tertiary/aromatic N) is 4. The molecule has 35 heavy (non-hydrogen) atoms. The van der Waals surface area contributed by atoms with Crippen molar-refractivity contribution in [3.63, 3.8) is 0 Å². The third-order valence-corrected chi connectivity index (χ3v) is 8.41. The largest absolute Gasteiger partial charge is 0.490 e. The van der Waals surface area contributed by atoms with Crippen molar-refractivity contribution in [1.82, 2.24) is 10.2 Å². The average molecular weight is 507 g/mol. The monoisotopic (exact) mass is 506 g/mol. The van der Waals surface area contributed by atoms with Crippen molar-refractivity contribution in [2.75, 3.05) is 12.4 Å². The van der Waals surface area contributed by atoms with Crippen molar-refractivity contribution >= 4 is 33.6 Å². The van der Waals surface area contributed by atoms with Crippen LogP contribution in [0.1, 0.15) is 56.2 Å². The van der Waals surface area contributed by atoms with Gasteiger partial charge in [-0.2, -0.15) is 5.26 Å². The Morgan fingerprint density at radius 2 is 2.11 bits per heavy atom. The van der Waals surface area contributed by atoms with Crippen LogP contribution in [0.5, 0.6) is 5.75 Å². The van der Waals surface area contributed by atoms with Gasteiger partial charge in [-0.05, 0) is 74.7 Å². The standard InChI is InChI=1S/C27H30N4O2S2/c1-4-35(14-13-32)29-17-20-7-5-9-23-22(20)8-6-10-24(23)27-31-30-26(34-27)19-11-12-25(33-18(2)3)21(15-19)16-28/h4,6,8,10-12,15,17-18,20,32H,5,7,9,13-14H2,1-3H3. The van der Waals surface area contributed by atoms with Crippen LogP contribution in [0.4, 0.5) is 0 Å². The molecule has 2 aromatic carbocycles. The molecule has 0 spiro atoms. The van der Waals surface area contributed by atoms with Gasteiger partial charge in [0, 0.05) is 29.0 Å². The van der Waals surface area contributed by atoms with Crippen LogP contribution < -0.4 is 4.74 Å². The Kier molecular flexibility index (Phi) is 8.45. The number of ether oxygens (including phenoxy) is 1. The van der Waals surface area contributed by atoms with Crippen LogP contribution in [0.25, 0.3) is 21.1 Å². The molecule has 1 heterocycles. The van der Waals surface area contributed by atoms with Crippen molar-refractivity contribution in [3.05, 3.63) is 53.1 Å². The minimum absolute atomic E-state index is 0.000321. The molecule has 6 nitrogen and oxygen atoms in total. The SMILES string of the molecule is CC=S(CCO)N=CC1CCCc2c(-c3nnc(-c4ccc(OC(C)C)c(C#N)c4)s3)cccc21. The summed E-state index contributed by atoms with van der Waals surface area (Å²) in [6.07, 6.45) is 5.26. The van der Waals surface area contributed by atoms with E-state index in [1.54, 1.807) is 11.3 Å². The molecular weight excluding hydrogens is 476 g/mol. The predicted octanol–water partition coefficient (Wildman–Crippen LogP) is 6.02. The summed E-state index contributed by atoms with van der Waals surface area (Å²) in [5.41, 5.74) is 5.11. The van der Waals surface area contributed by atoms with Crippen molar-refractivity contribution in [1.29, 1.82) is 5.26 Å². The van der Waals surface area contributed by atoms with Crippen LogP contribution in [0.3, 0.4) is 0 Å². The van der Waals surface area contributed by atoms with Crippen LogP contribution in [-0.4, -0.2) is 45.3 Å². The van der Waals surface area contributed by atoms with E-state index >= 15 is 0 Å². The highest BCUT2D eigenvalue weighted by Crippen LogP contribution is 2.39. The van der Waals surface area contributed by atoms with Gasteiger partial charge < -0.3 is 9.84 Å². The average Bonchev–Trinajstić information content (AvgIpc) is 3.36. The Hall–Kier alpha value is -2.86. The molecule has 2 atom stereocenters. The molecule has 1 N–H and O–H groups in total. The maximum atomic E-state index is 9.58. The number of hydrogen-bond donors (Lipinski definition) is 1.